The summed E-state index contributed by atoms with van der Waals surface area (Å²) in [6, 6.07) is 10.4. The van der Waals surface area contributed by atoms with E-state index in [4.69, 9.17) is 17.3 Å². The van der Waals surface area contributed by atoms with Crippen LogP contribution in [0.1, 0.15) is 31.2 Å². The Hall–Kier alpha value is -2.70. The SMILES string of the molecule is NCC1CCC(Nc2cc(-c3ccnc(NCc4ccncc4)c3)c(Cl)cn2)CC1. The second-order valence-corrected chi connectivity index (χ2v) is 8.19. The first-order chi connectivity index (χ1) is 14.7. The topological polar surface area (TPSA) is 88.8 Å². The number of nitrogens with two attached hydrogens (primary N) is 1. The van der Waals surface area contributed by atoms with E-state index in [1.807, 2.05) is 30.3 Å². The average Bonchev–Trinajstić information content (AvgIpc) is 2.80. The van der Waals surface area contributed by atoms with Crippen molar-refractivity contribution in [3.05, 3.63) is 65.7 Å². The molecule has 30 heavy (non-hydrogen) atoms. The van der Waals surface area contributed by atoms with Crippen molar-refractivity contribution in [3.8, 4) is 11.1 Å². The summed E-state index contributed by atoms with van der Waals surface area (Å²) in [7, 11) is 0. The second-order valence-electron chi connectivity index (χ2n) is 7.79. The third-order valence-corrected chi connectivity index (χ3v) is 5.98. The number of aromatic nitrogens is 3. The summed E-state index contributed by atoms with van der Waals surface area (Å²) in [5.41, 5.74) is 8.90. The van der Waals surface area contributed by atoms with Crippen LogP contribution in [-0.4, -0.2) is 27.5 Å². The zero-order valence-electron chi connectivity index (χ0n) is 16.9. The molecule has 1 fully saturated rings. The smallest absolute Gasteiger partial charge is 0.126 e. The van der Waals surface area contributed by atoms with Crippen LogP contribution in [0.4, 0.5) is 11.6 Å². The lowest BCUT2D eigenvalue weighted by Gasteiger charge is -2.28. The zero-order valence-corrected chi connectivity index (χ0v) is 17.6. The van der Waals surface area contributed by atoms with Gasteiger partial charge >= 0.3 is 0 Å². The first-order valence-corrected chi connectivity index (χ1v) is 10.8. The standard InChI is InChI=1S/C23H27ClN6/c24-21-15-29-23(30-19-3-1-16(13-25)2-4-19)12-20(21)18-7-10-27-22(11-18)28-14-17-5-8-26-9-6-17/h5-12,15-16,19H,1-4,13-14,25H2,(H,27,28)(H,29,30). The van der Waals surface area contributed by atoms with E-state index < -0.39 is 0 Å². The van der Waals surface area contributed by atoms with Crippen molar-refractivity contribution >= 4 is 23.2 Å². The minimum Gasteiger partial charge on any atom is -0.367 e. The van der Waals surface area contributed by atoms with Crippen LogP contribution in [0, 0.1) is 5.92 Å². The number of anilines is 2. The maximum Gasteiger partial charge on any atom is 0.126 e. The number of pyridine rings is 3. The third-order valence-electron chi connectivity index (χ3n) is 5.68. The van der Waals surface area contributed by atoms with Crippen LogP contribution >= 0.6 is 11.6 Å². The van der Waals surface area contributed by atoms with Crippen LogP contribution in [0.25, 0.3) is 11.1 Å². The highest BCUT2D eigenvalue weighted by Crippen LogP contribution is 2.32. The molecule has 3 aromatic rings. The van der Waals surface area contributed by atoms with Crippen LogP contribution in [0.5, 0.6) is 0 Å². The van der Waals surface area contributed by atoms with E-state index in [9.17, 15) is 0 Å². The highest BCUT2D eigenvalue weighted by atomic mass is 35.5. The van der Waals surface area contributed by atoms with E-state index in [0.29, 0.717) is 23.5 Å². The summed E-state index contributed by atoms with van der Waals surface area (Å²) in [5, 5.41) is 7.56. The predicted molar refractivity (Wildman–Crippen MR) is 122 cm³/mol. The van der Waals surface area contributed by atoms with Crippen molar-refractivity contribution in [2.75, 3.05) is 17.2 Å². The lowest BCUT2D eigenvalue weighted by atomic mass is 9.86. The van der Waals surface area contributed by atoms with E-state index in [0.717, 1.165) is 47.7 Å². The van der Waals surface area contributed by atoms with Gasteiger partial charge in [-0.3, -0.25) is 4.98 Å². The Labute approximate surface area is 182 Å². The summed E-state index contributed by atoms with van der Waals surface area (Å²) in [6.07, 6.45) is 11.7. The maximum atomic E-state index is 6.48. The van der Waals surface area contributed by atoms with E-state index in [2.05, 4.69) is 25.6 Å². The number of rotatable bonds is 7. The van der Waals surface area contributed by atoms with Crippen molar-refractivity contribution in [2.24, 2.45) is 11.7 Å². The molecule has 0 amide bonds. The molecule has 0 aromatic carbocycles. The molecule has 1 aliphatic rings. The van der Waals surface area contributed by atoms with Crippen molar-refractivity contribution < 1.29 is 0 Å². The molecule has 1 saturated carbocycles. The fourth-order valence-electron chi connectivity index (χ4n) is 3.88. The van der Waals surface area contributed by atoms with Gasteiger partial charge in [0.2, 0.25) is 0 Å². The minimum absolute atomic E-state index is 0.435. The fraction of sp³-hybridized carbons (Fsp3) is 0.348. The largest absolute Gasteiger partial charge is 0.367 e. The molecule has 156 valence electrons. The van der Waals surface area contributed by atoms with Crippen LogP contribution in [0.2, 0.25) is 5.02 Å². The lowest BCUT2D eigenvalue weighted by Crippen LogP contribution is -2.29. The fourth-order valence-corrected chi connectivity index (χ4v) is 4.09. The Morgan fingerprint density at radius 2 is 1.77 bits per heavy atom. The quantitative estimate of drug-likeness (QED) is 0.510. The Bertz CT molecular complexity index is 957. The summed E-state index contributed by atoms with van der Waals surface area (Å²) >= 11 is 6.48. The molecular formula is C23H27ClN6. The molecule has 0 aliphatic heterocycles. The van der Waals surface area contributed by atoms with Gasteiger partial charge in [-0.15, -0.1) is 0 Å². The molecule has 1 aliphatic carbocycles. The molecule has 6 nitrogen and oxygen atoms in total. The van der Waals surface area contributed by atoms with Gasteiger partial charge in [0, 0.05) is 42.9 Å². The maximum absolute atomic E-state index is 6.48. The van der Waals surface area contributed by atoms with Crippen molar-refractivity contribution in [2.45, 2.75) is 38.3 Å². The van der Waals surface area contributed by atoms with Crippen LogP contribution in [0.15, 0.2) is 55.1 Å². The zero-order chi connectivity index (χ0) is 20.8. The minimum atomic E-state index is 0.435. The highest BCUT2D eigenvalue weighted by molar-refractivity contribution is 6.33. The van der Waals surface area contributed by atoms with Gasteiger partial charge in [-0.05, 0) is 79.6 Å². The first kappa shape index (κ1) is 20.6. The highest BCUT2D eigenvalue weighted by Gasteiger charge is 2.20. The van der Waals surface area contributed by atoms with E-state index in [1.165, 1.54) is 12.8 Å². The molecule has 0 bridgehead atoms. The Balaban J connectivity index is 1.46. The molecule has 7 heteroatoms. The molecule has 4 rings (SSSR count). The summed E-state index contributed by atoms with van der Waals surface area (Å²) in [5.74, 6) is 2.31. The molecule has 0 atom stereocenters. The van der Waals surface area contributed by atoms with Crippen molar-refractivity contribution in [1.29, 1.82) is 0 Å². The monoisotopic (exact) mass is 422 g/mol. The first-order valence-electron chi connectivity index (χ1n) is 10.4. The molecule has 4 N–H and O–H groups in total. The van der Waals surface area contributed by atoms with Gasteiger partial charge in [0.1, 0.15) is 11.6 Å². The number of nitrogens with zero attached hydrogens (tertiary/aromatic N) is 3. The van der Waals surface area contributed by atoms with E-state index in [-0.39, 0.29) is 0 Å². The van der Waals surface area contributed by atoms with Crippen molar-refractivity contribution in [1.82, 2.24) is 15.0 Å². The van der Waals surface area contributed by atoms with Crippen molar-refractivity contribution in [3.63, 3.8) is 0 Å². The number of halogens is 1. The number of nitrogens with one attached hydrogen (secondary N) is 2. The summed E-state index contributed by atoms with van der Waals surface area (Å²) in [4.78, 5) is 13.0. The van der Waals surface area contributed by atoms with Crippen LogP contribution in [-0.2, 0) is 6.54 Å². The van der Waals surface area contributed by atoms with Gasteiger partial charge in [0.05, 0.1) is 5.02 Å². The molecule has 0 spiro atoms. The normalized spacial score (nSPS) is 18.7. The van der Waals surface area contributed by atoms with Gasteiger partial charge in [0.25, 0.3) is 0 Å². The average molecular weight is 423 g/mol. The molecule has 3 heterocycles. The van der Waals surface area contributed by atoms with Gasteiger partial charge in [-0.2, -0.15) is 0 Å². The van der Waals surface area contributed by atoms with Crippen LogP contribution < -0.4 is 16.4 Å². The molecule has 3 aromatic heterocycles. The summed E-state index contributed by atoms with van der Waals surface area (Å²) in [6.45, 7) is 1.47. The van der Waals surface area contributed by atoms with Gasteiger partial charge < -0.3 is 16.4 Å². The van der Waals surface area contributed by atoms with Gasteiger partial charge in [-0.25, -0.2) is 9.97 Å². The van der Waals surface area contributed by atoms with Gasteiger partial charge in [0.15, 0.2) is 0 Å². The molecule has 0 radical (unpaired) electrons. The number of hydrogen-bond acceptors (Lipinski definition) is 6. The Morgan fingerprint density at radius 3 is 2.53 bits per heavy atom. The Morgan fingerprint density at radius 1 is 0.967 bits per heavy atom. The predicted octanol–water partition coefficient (Wildman–Crippen LogP) is 4.73. The molecule has 0 unspecified atom stereocenters. The third kappa shape index (κ3) is 5.26. The second kappa shape index (κ2) is 9.87. The van der Waals surface area contributed by atoms with Gasteiger partial charge in [-0.1, -0.05) is 11.6 Å². The van der Waals surface area contributed by atoms with Crippen LogP contribution in [0.3, 0.4) is 0 Å². The molecular weight excluding hydrogens is 396 g/mol. The number of hydrogen-bond donors (Lipinski definition) is 3. The Kier molecular flexibility index (Phi) is 6.77. The lowest BCUT2D eigenvalue weighted by molar-refractivity contribution is 0.344. The van der Waals surface area contributed by atoms with E-state index >= 15 is 0 Å². The van der Waals surface area contributed by atoms with E-state index in [1.54, 1.807) is 24.8 Å². The molecule has 0 saturated heterocycles. The summed E-state index contributed by atoms with van der Waals surface area (Å²) < 4.78 is 0.